The summed E-state index contributed by atoms with van der Waals surface area (Å²) in [5.74, 6) is 0.00229. The second-order valence-corrected chi connectivity index (χ2v) is 5.65. The van der Waals surface area contributed by atoms with Gasteiger partial charge in [-0.3, -0.25) is 4.79 Å². The van der Waals surface area contributed by atoms with E-state index in [2.05, 4.69) is 16.7 Å². The Balaban J connectivity index is 1.98. The van der Waals surface area contributed by atoms with Crippen molar-refractivity contribution in [2.75, 3.05) is 18.4 Å². The first-order valence-electron chi connectivity index (χ1n) is 7.98. The molecule has 1 aromatic carbocycles. The number of rotatable bonds is 5. The molecule has 1 atom stereocenters. The summed E-state index contributed by atoms with van der Waals surface area (Å²) in [4.78, 5) is 26.2. The van der Waals surface area contributed by atoms with Crippen LogP contribution in [0.5, 0.6) is 0 Å². The Labute approximate surface area is 136 Å². The van der Waals surface area contributed by atoms with Crippen molar-refractivity contribution >= 4 is 17.6 Å². The molecule has 1 fully saturated rings. The van der Waals surface area contributed by atoms with Crippen LogP contribution in [0.25, 0.3) is 0 Å². The standard InChI is InChI=1S/C17H22N4O2/c1-2-14(8-9-18)19-17(23)20-15-7-5-6-13(12-15)16(22)21-10-3-4-11-21/h5-7,12,14H,2-4,8,10-11H2,1H3,(H2,19,20,23). The van der Waals surface area contributed by atoms with Gasteiger partial charge in [0, 0.05) is 30.4 Å². The van der Waals surface area contributed by atoms with Crippen molar-refractivity contribution in [1.82, 2.24) is 10.2 Å². The van der Waals surface area contributed by atoms with E-state index in [4.69, 9.17) is 5.26 Å². The maximum atomic E-state index is 12.4. The molecule has 2 rings (SSSR count). The lowest BCUT2D eigenvalue weighted by molar-refractivity contribution is 0.0793. The number of anilines is 1. The minimum atomic E-state index is -0.363. The van der Waals surface area contributed by atoms with E-state index < -0.39 is 0 Å². The zero-order valence-electron chi connectivity index (χ0n) is 13.3. The van der Waals surface area contributed by atoms with Crippen molar-refractivity contribution in [3.8, 4) is 6.07 Å². The number of nitriles is 1. The third kappa shape index (κ3) is 4.71. The number of urea groups is 1. The zero-order chi connectivity index (χ0) is 16.7. The predicted molar refractivity (Wildman–Crippen MR) is 88.0 cm³/mol. The number of hydrogen-bond donors (Lipinski definition) is 2. The fraction of sp³-hybridized carbons (Fsp3) is 0.471. The van der Waals surface area contributed by atoms with Gasteiger partial charge in [0.2, 0.25) is 0 Å². The summed E-state index contributed by atoms with van der Waals surface area (Å²) in [7, 11) is 0. The Hall–Kier alpha value is -2.55. The molecule has 0 radical (unpaired) electrons. The highest BCUT2D eigenvalue weighted by Crippen LogP contribution is 2.16. The van der Waals surface area contributed by atoms with Gasteiger partial charge in [0.05, 0.1) is 12.5 Å². The fourth-order valence-corrected chi connectivity index (χ4v) is 2.59. The van der Waals surface area contributed by atoms with Crippen molar-refractivity contribution in [2.24, 2.45) is 0 Å². The topological polar surface area (TPSA) is 85.2 Å². The molecule has 0 saturated carbocycles. The number of carbonyl (C=O) groups is 2. The molecule has 1 aromatic rings. The quantitative estimate of drug-likeness (QED) is 0.876. The summed E-state index contributed by atoms with van der Waals surface area (Å²) in [5, 5.41) is 14.2. The molecule has 122 valence electrons. The SMILES string of the molecule is CCC(CC#N)NC(=O)Nc1cccc(C(=O)N2CCCC2)c1. The molecule has 2 N–H and O–H groups in total. The van der Waals surface area contributed by atoms with Crippen LogP contribution in [0.3, 0.4) is 0 Å². The molecule has 1 aliphatic rings. The number of nitrogens with zero attached hydrogens (tertiary/aromatic N) is 2. The van der Waals surface area contributed by atoms with Crippen LogP contribution < -0.4 is 10.6 Å². The van der Waals surface area contributed by atoms with Gasteiger partial charge < -0.3 is 15.5 Å². The highest BCUT2D eigenvalue weighted by Gasteiger charge is 2.19. The van der Waals surface area contributed by atoms with Gasteiger partial charge in [-0.05, 0) is 37.5 Å². The van der Waals surface area contributed by atoms with Gasteiger partial charge >= 0.3 is 6.03 Å². The summed E-state index contributed by atoms with van der Waals surface area (Å²) in [5.41, 5.74) is 1.15. The number of hydrogen-bond acceptors (Lipinski definition) is 3. The van der Waals surface area contributed by atoms with Crippen molar-refractivity contribution in [2.45, 2.75) is 38.6 Å². The molecule has 0 aliphatic carbocycles. The zero-order valence-corrected chi connectivity index (χ0v) is 13.3. The van der Waals surface area contributed by atoms with Crippen LogP contribution in [0.4, 0.5) is 10.5 Å². The van der Waals surface area contributed by atoms with Crippen LogP contribution in [0, 0.1) is 11.3 Å². The minimum Gasteiger partial charge on any atom is -0.339 e. The molecule has 6 nitrogen and oxygen atoms in total. The van der Waals surface area contributed by atoms with Crippen LogP contribution in [0.15, 0.2) is 24.3 Å². The van der Waals surface area contributed by atoms with E-state index in [0.29, 0.717) is 17.7 Å². The van der Waals surface area contributed by atoms with Crippen LogP contribution in [0.1, 0.15) is 43.0 Å². The van der Waals surface area contributed by atoms with Crippen molar-refractivity contribution in [1.29, 1.82) is 5.26 Å². The number of nitrogens with one attached hydrogen (secondary N) is 2. The van der Waals surface area contributed by atoms with Gasteiger partial charge in [-0.2, -0.15) is 5.26 Å². The number of amides is 3. The first kappa shape index (κ1) is 16.8. The molecular weight excluding hydrogens is 292 g/mol. The van der Waals surface area contributed by atoms with Gasteiger partial charge in [-0.25, -0.2) is 4.79 Å². The molecule has 1 heterocycles. The predicted octanol–water partition coefficient (Wildman–Crippen LogP) is 2.74. The molecule has 6 heteroatoms. The highest BCUT2D eigenvalue weighted by atomic mass is 16.2. The van der Waals surface area contributed by atoms with Crippen molar-refractivity contribution in [3.05, 3.63) is 29.8 Å². The summed E-state index contributed by atoms with van der Waals surface area (Å²) in [6, 6.07) is 8.46. The van der Waals surface area contributed by atoms with E-state index in [1.807, 2.05) is 11.8 Å². The molecule has 1 saturated heterocycles. The molecule has 0 spiro atoms. The van der Waals surface area contributed by atoms with Gasteiger partial charge in [0.25, 0.3) is 5.91 Å². The van der Waals surface area contributed by atoms with E-state index in [1.165, 1.54) is 0 Å². The number of likely N-dealkylation sites (tertiary alicyclic amines) is 1. The van der Waals surface area contributed by atoms with Crippen LogP contribution in [0.2, 0.25) is 0 Å². The summed E-state index contributed by atoms with van der Waals surface area (Å²) in [6.45, 7) is 3.50. The van der Waals surface area contributed by atoms with E-state index in [-0.39, 0.29) is 24.4 Å². The largest absolute Gasteiger partial charge is 0.339 e. The first-order valence-corrected chi connectivity index (χ1v) is 7.98. The average Bonchev–Trinajstić information content (AvgIpc) is 3.08. The smallest absolute Gasteiger partial charge is 0.319 e. The highest BCUT2D eigenvalue weighted by molar-refractivity contribution is 5.97. The second kappa shape index (κ2) is 8.18. The van der Waals surface area contributed by atoms with Gasteiger partial charge in [-0.15, -0.1) is 0 Å². The number of carbonyl (C=O) groups excluding carboxylic acids is 2. The molecule has 3 amide bonds. The fourth-order valence-electron chi connectivity index (χ4n) is 2.59. The minimum absolute atomic E-state index is 0.00229. The lowest BCUT2D eigenvalue weighted by Gasteiger charge is -2.17. The molecule has 0 bridgehead atoms. The monoisotopic (exact) mass is 314 g/mol. The van der Waals surface area contributed by atoms with Crippen molar-refractivity contribution < 1.29 is 9.59 Å². The average molecular weight is 314 g/mol. The Morgan fingerprint density at radius 2 is 2.09 bits per heavy atom. The maximum Gasteiger partial charge on any atom is 0.319 e. The molecular formula is C17H22N4O2. The maximum absolute atomic E-state index is 12.4. The van der Waals surface area contributed by atoms with Gasteiger partial charge in [0.15, 0.2) is 0 Å². The molecule has 23 heavy (non-hydrogen) atoms. The summed E-state index contributed by atoms with van der Waals surface area (Å²) in [6.07, 6.45) is 3.05. The van der Waals surface area contributed by atoms with E-state index >= 15 is 0 Å². The van der Waals surface area contributed by atoms with E-state index in [1.54, 1.807) is 24.3 Å². The first-order chi connectivity index (χ1) is 11.1. The normalized spacial score (nSPS) is 14.9. The van der Waals surface area contributed by atoms with E-state index in [0.717, 1.165) is 25.9 Å². The Morgan fingerprint density at radius 1 is 1.35 bits per heavy atom. The van der Waals surface area contributed by atoms with Gasteiger partial charge in [-0.1, -0.05) is 13.0 Å². The molecule has 1 aliphatic heterocycles. The van der Waals surface area contributed by atoms with E-state index in [9.17, 15) is 9.59 Å². The third-order valence-corrected chi connectivity index (χ3v) is 3.93. The third-order valence-electron chi connectivity index (χ3n) is 3.93. The lowest BCUT2D eigenvalue weighted by Crippen LogP contribution is -2.37. The van der Waals surface area contributed by atoms with Crippen LogP contribution in [-0.2, 0) is 0 Å². The van der Waals surface area contributed by atoms with Gasteiger partial charge in [0.1, 0.15) is 0 Å². The Kier molecular flexibility index (Phi) is 5.98. The van der Waals surface area contributed by atoms with Crippen LogP contribution >= 0.6 is 0 Å². The number of benzene rings is 1. The second-order valence-electron chi connectivity index (χ2n) is 5.65. The lowest BCUT2D eigenvalue weighted by atomic mass is 10.1. The van der Waals surface area contributed by atoms with Crippen molar-refractivity contribution in [3.63, 3.8) is 0 Å². The molecule has 1 unspecified atom stereocenters. The Bertz CT molecular complexity index is 603. The summed E-state index contributed by atoms with van der Waals surface area (Å²) < 4.78 is 0. The van der Waals surface area contributed by atoms with Crippen LogP contribution in [-0.4, -0.2) is 36.0 Å². The molecule has 0 aromatic heterocycles. The summed E-state index contributed by atoms with van der Waals surface area (Å²) >= 11 is 0. The Morgan fingerprint density at radius 3 is 2.74 bits per heavy atom.